The van der Waals surface area contributed by atoms with E-state index in [1.54, 1.807) is 0 Å². The van der Waals surface area contributed by atoms with E-state index in [1.807, 2.05) is 37.3 Å². The van der Waals surface area contributed by atoms with Crippen LogP contribution in [-0.2, 0) is 10.2 Å². The summed E-state index contributed by atoms with van der Waals surface area (Å²) in [5.41, 5.74) is 0.622. The zero-order valence-corrected chi connectivity index (χ0v) is 7.29. The van der Waals surface area contributed by atoms with Crippen LogP contribution in [0.1, 0.15) is 18.9 Å². The lowest BCUT2D eigenvalue weighted by Crippen LogP contribution is -2.22. The van der Waals surface area contributed by atoms with Crippen LogP contribution < -0.4 is 0 Å². The van der Waals surface area contributed by atoms with Crippen LogP contribution in [0.15, 0.2) is 30.3 Å². The lowest BCUT2D eigenvalue weighted by atomic mass is 9.82. The second-order valence-electron chi connectivity index (χ2n) is 3.15. The van der Waals surface area contributed by atoms with Gasteiger partial charge in [-0.1, -0.05) is 37.3 Å². The highest BCUT2D eigenvalue weighted by Gasteiger charge is 2.22. The van der Waals surface area contributed by atoms with Gasteiger partial charge in [0.2, 0.25) is 0 Å². The minimum atomic E-state index is -0.415. The van der Waals surface area contributed by atoms with Crippen molar-refractivity contribution >= 4 is 6.29 Å². The van der Waals surface area contributed by atoms with Crippen LogP contribution in [0.2, 0.25) is 0 Å². The van der Waals surface area contributed by atoms with Gasteiger partial charge < -0.3 is 4.79 Å². The highest BCUT2D eigenvalue weighted by molar-refractivity contribution is 5.67. The van der Waals surface area contributed by atoms with E-state index in [2.05, 4.69) is 6.92 Å². The maximum atomic E-state index is 10.8. The summed E-state index contributed by atoms with van der Waals surface area (Å²) in [5, 5.41) is 0. The molecule has 0 bridgehead atoms. The molecule has 1 rings (SSSR count). The Morgan fingerprint density at radius 2 is 2.00 bits per heavy atom. The molecule has 1 unspecified atom stereocenters. The van der Waals surface area contributed by atoms with Crippen molar-refractivity contribution in [3.63, 3.8) is 0 Å². The molecule has 1 aromatic carbocycles. The quantitative estimate of drug-likeness (QED) is 0.622. The topological polar surface area (TPSA) is 17.1 Å². The molecule has 1 radical (unpaired) electrons. The molecule has 0 heterocycles. The summed E-state index contributed by atoms with van der Waals surface area (Å²) in [6.45, 7) is 5.68. The zero-order valence-electron chi connectivity index (χ0n) is 7.29. The van der Waals surface area contributed by atoms with Crippen LogP contribution in [0, 0.1) is 6.92 Å². The van der Waals surface area contributed by atoms with E-state index in [0.717, 1.165) is 11.8 Å². The highest BCUT2D eigenvalue weighted by atomic mass is 16.1. The van der Waals surface area contributed by atoms with Gasteiger partial charge in [-0.2, -0.15) is 0 Å². The predicted octanol–water partition coefficient (Wildman–Crippen LogP) is 2.37. The summed E-state index contributed by atoms with van der Waals surface area (Å²) in [7, 11) is 0. The third-order valence-corrected chi connectivity index (χ3v) is 2.21. The molecule has 0 N–H and O–H groups in total. The van der Waals surface area contributed by atoms with Crippen LogP contribution in [0.25, 0.3) is 0 Å². The van der Waals surface area contributed by atoms with Crippen LogP contribution in [0.5, 0.6) is 0 Å². The molecule has 12 heavy (non-hydrogen) atoms. The van der Waals surface area contributed by atoms with Gasteiger partial charge in [0.1, 0.15) is 6.29 Å². The monoisotopic (exact) mass is 161 g/mol. The molecular formula is C11H13O. The molecule has 1 nitrogen and oxygen atoms in total. The maximum Gasteiger partial charge on any atom is 0.130 e. The Bertz CT molecular complexity index is 253. The Kier molecular flexibility index (Phi) is 2.64. The van der Waals surface area contributed by atoms with E-state index < -0.39 is 5.41 Å². The Labute approximate surface area is 73.4 Å². The number of hydrogen-bond acceptors (Lipinski definition) is 1. The smallest absolute Gasteiger partial charge is 0.130 e. The zero-order chi connectivity index (χ0) is 9.03. The van der Waals surface area contributed by atoms with E-state index in [4.69, 9.17) is 0 Å². The predicted molar refractivity (Wildman–Crippen MR) is 49.8 cm³/mol. The van der Waals surface area contributed by atoms with Crippen molar-refractivity contribution in [2.45, 2.75) is 18.8 Å². The molecule has 1 aromatic rings. The molecule has 0 saturated carbocycles. The fourth-order valence-corrected chi connectivity index (χ4v) is 1.09. The van der Waals surface area contributed by atoms with Crippen LogP contribution in [-0.4, -0.2) is 6.29 Å². The van der Waals surface area contributed by atoms with Crippen molar-refractivity contribution in [3.05, 3.63) is 42.8 Å². The number of hydrogen-bond donors (Lipinski definition) is 0. The molecule has 0 aliphatic rings. The summed E-state index contributed by atoms with van der Waals surface area (Å²) in [4.78, 5) is 10.8. The minimum Gasteiger partial charge on any atom is -0.302 e. The van der Waals surface area contributed by atoms with Gasteiger partial charge in [-0.3, -0.25) is 0 Å². The maximum absolute atomic E-state index is 10.8. The Hall–Kier alpha value is -1.11. The Morgan fingerprint density at radius 3 is 2.42 bits per heavy atom. The summed E-state index contributed by atoms with van der Waals surface area (Å²) in [6.07, 6.45) is 1.57. The van der Waals surface area contributed by atoms with Gasteiger partial charge in [-0.25, -0.2) is 0 Å². The Morgan fingerprint density at radius 1 is 1.42 bits per heavy atom. The first-order valence-electron chi connectivity index (χ1n) is 4.04. The molecule has 0 amide bonds. The van der Waals surface area contributed by atoms with E-state index in [9.17, 15) is 4.79 Å². The molecule has 0 aliphatic carbocycles. The van der Waals surface area contributed by atoms with Crippen LogP contribution in [0.3, 0.4) is 0 Å². The lowest BCUT2D eigenvalue weighted by Gasteiger charge is -2.20. The second-order valence-corrected chi connectivity index (χ2v) is 3.15. The third kappa shape index (κ3) is 1.55. The fraction of sp³-hybridized carbons (Fsp3) is 0.273. The van der Waals surface area contributed by atoms with E-state index >= 15 is 0 Å². The molecule has 0 aliphatic heterocycles. The summed E-state index contributed by atoms with van der Waals surface area (Å²) >= 11 is 0. The van der Waals surface area contributed by atoms with Crippen molar-refractivity contribution in [2.24, 2.45) is 0 Å². The van der Waals surface area contributed by atoms with Crippen molar-refractivity contribution in [2.75, 3.05) is 0 Å². The number of benzene rings is 1. The lowest BCUT2D eigenvalue weighted by molar-refractivity contribution is -0.112. The number of aldehydes is 1. The van der Waals surface area contributed by atoms with Crippen molar-refractivity contribution in [1.29, 1.82) is 0 Å². The van der Waals surface area contributed by atoms with Gasteiger partial charge in [-0.05, 0) is 18.9 Å². The van der Waals surface area contributed by atoms with Gasteiger partial charge >= 0.3 is 0 Å². The molecule has 0 saturated heterocycles. The molecular weight excluding hydrogens is 148 g/mol. The number of carbonyl (C=O) groups excluding carboxylic acids is 1. The first kappa shape index (κ1) is 8.98. The SMILES string of the molecule is [CH2]CC(C)(C=O)c1ccccc1. The standard InChI is InChI=1S/C11H13O/c1-3-11(2,9-12)10-7-5-4-6-8-10/h4-9H,1,3H2,2H3. The first-order valence-corrected chi connectivity index (χ1v) is 4.04. The van der Waals surface area contributed by atoms with E-state index in [0.29, 0.717) is 6.42 Å². The minimum absolute atomic E-state index is 0.415. The van der Waals surface area contributed by atoms with Gasteiger partial charge in [0, 0.05) is 5.41 Å². The average Bonchev–Trinajstić information content (AvgIpc) is 2.18. The molecule has 63 valence electrons. The molecule has 0 fully saturated rings. The van der Waals surface area contributed by atoms with E-state index in [1.165, 1.54) is 0 Å². The van der Waals surface area contributed by atoms with Crippen LogP contribution >= 0.6 is 0 Å². The third-order valence-electron chi connectivity index (χ3n) is 2.21. The molecule has 1 atom stereocenters. The summed E-state index contributed by atoms with van der Waals surface area (Å²) < 4.78 is 0. The summed E-state index contributed by atoms with van der Waals surface area (Å²) in [5.74, 6) is 0. The number of rotatable bonds is 3. The van der Waals surface area contributed by atoms with Gasteiger partial charge in [0.05, 0.1) is 0 Å². The summed E-state index contributed by atoms with van der Waals surface area (Å²) in [6, 6.07) is 9.73. The average molecular weight is 161 g/mol. The van der Waals surface area contributed by atoms with Gasteiger partial charge in [0.25, 0.3) is 0 Å². The molecule has 0 aromatic heterocycles. The van der Waals surface area contributed by atoms with Crippen molar-refractivity contribution in [1.82, 2.24) is 0 Å². The number of carbonyl (C=O) groups is 1. The highest BCUT2D eigenvalue weighted by Crippen LogP contribution is 2.23. The van der Waals surface area contributed by atoms with Crippen molar-refractivity contribution < 1.29 is 4.79 Å². The molecule has 0 spiro atoms. The van der Waals surface area contributed by atoms with Crippen LogP contribution in [0.4, 0.5) is 0 Å². The largest absolute Gasteiger partial charge is 0.302 e. The van der Waals surface area contributed by atoms with Crippen molar-refractivity contribution in [3.8, 4) is 0 Å². The van der Waals surface area contributed by atoms with E-state index in [-0.39, 0.29) is 0 Å². The van der Waals surface area contributed by atoms with Gasteiger partial charge in [-0.15, -0.1) is 0 Å². The molecule has 1 heteroatoms. The fourth-order valence-electron chi connectivity index (χ4n) is 1.09. The normalized spacial score (nSPS) is 15.2. The first-order chi connectivity index (χ1) is 5.73. The van der Waals surface area contributed by atoms with Gasteiger partial charge in [0.15, 0.2) is 0 Å². The second kappa shape index (κ2) is 3.53. The Balaban J connectivity index is 3.03.